The maximum Gasteiger partial charge on any atom is 0.217 e. The average Bonchev–Trinajstić information content (AvgIpc) is 2.82. The van der Waals surface area contributed by atoms with Crippen LogP contribution in [0.5, 0.6) is 0 Å². The number of benzene rings is 1. The SMILES string of the molecule is O=C(C[NH+]1C=CN=C1)c1ccccc1.O=[N+]([O-])[O-]. The van der Waals surface area contributed by atoms with Crippen LogP contribution in [-0.2, 0) is 0 Å². The van der Waals surface area contributed by atoms with Crippen molar-refractivity contribution in [3.63, 3.8) is 0 Å². The number of carbonyl (C=O) groups excluding carboxylic acids is 1. The maximum atomic E-state index is 11.7. The summed E-state index contributed by atoms with van der Waals surface area (Å²) in [6, 6.07) is 9.31. The fraction of sp³-hybridized carbons (Fsp3) is 0.0909. The zero-order valence-electron chi connectivity index (χ0n) is 9.35. The number of quaternary nitrogens is 1. The molecule has 7 nitrogen and oxygen atoms in total. The van der Waals surface area contributed by atoms with Gasteiger partial charge in [-0.25, -0.2) is 4.99 Å². The van der Waals surface area contributed by atoms with Crippen LogP contribution in [0.4, 0.5) is 0 Å². The highest BCUT2D eigenvalue weighted by Crippen LogP contribution is 1.97. The second-order valence-corrected chi connectivity index (χ2v) is 3.36. The molecule has 0 radical (unpaired) electrons. The molecule has 1 aromatic carbocycles. The fourth-order valence-corrected chi connectivity index (χ4v) is 1.34. The van der Waals surface area contributed by atoms with Gasteiger partial charge in [-0.1, -0.05) is 30.3 Å². The van der Waals surface area contributed by atoms with Crippen LogP contribution in [0, 0.1) is 15.3 Å². The third kappa shape index (κ3) is 4.99. The van der Waals surface area contributed by atoms with Crippen LogP contribution in [0.2, 0.25) is 0 Å². The van der Waals surface area contributed by atoms with E-state index in [0.717, 1.165) is 10.5 Å². The molecule has 1 heterocycles. The molecule has 0 spiro atoms. The molecule has 0 aromatic heterocycles. The normalized spacial score (nSPS) is 15.9. The smallest absolute Gasteiger partial charge is 0.217 e. The Morgan fingerprint density at radius 3 is 2.39 bits per heavy atom. The van der Waals surface area contributed by atoms with Crippen molar-refractivity contribution in [2.45, 2.75) is 0 Å². The van der Waals surface area contributed by atoms with Crippen LogP contribution in [0.25, 0.3) is 0 Å². The molecular formula is C11H11N3O4. The van der Waals surface area contributed by atoms with E-state index in [2.05, 4.69) is 4.99 Å². The van der Waals surface area contributed by atoms with Crippen LogP contribution >= 0.6 is 0 Å². The van der Waals surface area contributed by atoms with Crippen molar-refractivity contribution in [1.29, 1.82) is 0 Å². The van der Waals surface area contributed by atoms with E-state index in [1.165, 1.54) is 0 Å². The van der Waals surface area contributed by atoms with E-state index in [9.17, 15) is 4.79 Å². The monoisotopic (exact) mass is 249 g/mol. The van der Waals surface area contributed by atoms with Crippen LogP contribution in [-0.4, -0.2) is 23.8 Å². The molecule has 0 fully saturated rings. The fourth-order valence-electron chi connectivity index (χ4n) is 1.34. The summed E-state index contributed by atoms with van der Waals surface area (Å²) in [5.74, 6) is 0.138. The summed E-state index contributed by atoms with van der Waals surface area (Å²) in [5, 5.41) is 14.8. The second-order valence-electron chi connectivity index (χ2n) is 3.36. The third-order valence-corrected chi connectivity index (χ3v) is 2.08. The minimum atomic E-state index is -1.75. The quantitative estimate of drug-likeness (QED) is 0.464. The van der Waals surface area contributed by atoms with Crippen LogP contribution < -0.4 is 4.90 Å². The first-order chi connectivity index (χ1) is 8.59. The molecule has 0 aliphatic carbocycles. The van der Waals surface area contributed by atoms with Gasteiger partial charge in [0.15, 0.2) is 12.9 Å². The highest BCUT2D eigenvalue weighted by Gasteiger charge is 2.13. The van der Waals surface area contributed by atoms with Crippen LogP contribution in [0.15, 0.2) is 47.7 Å². The Labute approximate surface area is 103 Å². The molecule has 1 atom stereocenters. The molecule has 18 heavy (non-hydrogen) atoms. The Balaban J connectivity index is 0.000000357. The maximum absolute atomic E-state index is 11.7. The minimum absolute atomic E-state index is 0.138. The lowest BCUT2D eigenvalue weighted by Gasteiger charge is -2.03. The van der Waals surface area contributed by atoms with Gasteiger partial charge < -0.3 is 15.3 Å². The zero-order chi connectivity index (χ0) is 13.4. The summed E-state index contributed by atoms with van der Waals surface area (Å²) in [6.07, 6.45) is 5.29. The summed E-state index contributed by atoms with van der Waals surface area (Å²) in [6.45, 7) is 0.435. The van der Waals surface area contributed by atoms with Crippen molar-refractivity contribution in [3.05, 3.63) is 63.6 Å². The molecule has 2 rings (SSSR count). The van der Waals surface area contributed by atoms with E-state index in [4.69, 9.17) is 15.3 Å². The van der Waals surface area contributed by atoms with Gasteiger partial charge in [0.05, 0.1) is 11.3 Å². The Morgan fingerprint density at radius 1 is 1.28 bits per heavy atom. The second kappa shape index (κ2) is 6.92. The van der Waals surface area contributed by atoms with Gasteiger partial charge in [0.1, 0.15) is 6.20 Å². The summed E-state index contributed by atoms with van der Waals surface area (Å²) >= 11 is 0. The molecule has 1 aromatic rings. The predicted octanol–water partition coefficient (Wildman–Crippen LogP) is 0.0282. The Bertz CT molecular complexity index is 454. The molecule has 1 aliphatic rings. The molecule has 0 amide bonds. The number of nitrogens with zero attached hydrogens (tertiary/aromatic N) is 2. The van der Waals surface area contributed by atoms with Crippen molar-refractivity contribution in [1.82, 2.24) is 0 Å². The summed E-state index contributed by atoms with van der Waals surface area (Å²) in [7, 11) is 0. The summed E-state index contributed by atoms with van der Waals surface area (Å²) in [5.41, 5.74) is 0.758. The van der Waals surface area contributed by atoms with E-state index in [-0.39, 0.29) is 5.78 Å². The molecular weight excluding hydrogens is 238 g/mol. The first-order valence-electron chi connectivity index (χ1n) is 5.05. The lowest BCUT2D eigenvalue weighted by Crippen LogP contribution is -3.06. The number of Topliss-reactive ketones (excluding diaryl/α,β-unsaturated/α-hetero) is 1. The van der Waals surface area contributed by atoms with Gasteiger partial charge in [-0.3, -0.25) is 9.69 Å². The van der Waals surface area contributed by atoms with Gasteiger partial charge >= 0.3 is 0 Å². The molecule has 0 bridgehead atoms. The standard InChI is InChI=1S/C11H10N2O.NO3/c14-11(8-13-7-6-12-9-13)10-4-2-1-3-5-10;2-1(3)4/h1-7,9H,8H2;/q;-1/p+1. The number of nitrogens with one attached hydrogen (secondary N) is 1. The van der Waals surface area contributed by atoms with E-state index >= 15 is 0 Å². The number of aliphatic imine (C=N–C) groups is 1. The van der Waals surface area contributed by atoms with Crippen molar-refractivity contribution >= 4 is 12.1 Å². The molecule has 94 valence electrons. The molecule has 1 unspecified atom stereocenters. The molecule has 0 saturated heterocycles. The van der Waals surface area contributed by atoms with E-state index in [1.54, 1.807) is 12.5 Å². The van der Waals surface area contributed by atoms with E-state index in [1.807, 2.05) is 36.5 Å². The molecule has 1 N–H and O–H groups in total. The molecule has 0 saturated carbocycles. The highest BCUT2D eigenvalue weighted by molar-refractivity contribution is 5.97. The van der Waals surface area contributed by atoms with Crippen molar-refractivity contribution in [3.8, 4) is 0 Å². The number of carbonyl (C=O) groups is 1. The number of hydrogen-bond donors (Lipinski definition) is 1. The number of rotatable bonds is 3. The first-order valence-corrected chi connectivity index (χ1v) is 5.05. The van der Waals surface area contributed by atoms with E-state index < -0.39 is 5.09 Å². The minimum Gasteiger partial charge on any atom is -0.356 e. The van der Waals surface area contributed by atoms with Gasteiger partial charge in [0.2, 0.25) is 5.78 Å². The Hall–Kier alpha value is -2.54. The number of ketones is 1. The van der Waals surface area contributed by atoms with Crippen LogP contribution in [0.3, 0.4) is 0 Å². The zero-order valence-corrected chi connectivity index (χ0v) is 9.35. The third-order valence-electron chi connectivity index (χ3n) is 2.08. The first kappa shape index (κ1) is 13.5. The van der Waals surface area contributed by atoms with Gasteiger partial charge in [0, 0.05) is 5.56 Å². The average molecular weight is 249 g/mol. The van der Waals surface area contributed by atoms with Crippen molar-refractivity contribution in [2.75, 3.05) is 6.54 Å². The van der Waals surface area contributed by atoms with Gasteiger partial charge in [-0.15, -0.1) is 0 Å². The largest absolute Gasteiger partial charge is 0.356 e. The topological polar surface area (TPSA) is 100 Å². The van der Waals surface area contributed by atoms with Gasteiger partial charge in [-0.2, -0.15) is 0 Å². The van der Waals surface area contributed by atoms with Gasteiger partial charge in [0.25, 0.3) is 0 Å². The summed E-state index contributed by atoms with van der Waals surface area (Å²) in [4.78, 5) is 24.8. The Morgan fingerprint density at radius 2 is 1.89 bits per heavy atom. The highest BCUT2D eigenvalue weighted by atomic mass is 16.9. The van der Waals surface area contributed by atoms with Gasteiger partial charge in [-0.05, 0) is 0 Å². The predicted molar refractivity (Wildman–Crippen MR) is 64.6 cm³/mol. The van der Waals surface area contributed by atoms with E-state index in [0.29, 0.717) is 6.54 Å². The van der Waals surface area contributed by atoms with Crippen molar-refractivity contribution < 1.29 is 14.8 Å². The number of hydrogen-bond acceptors (Lipinski definition) is 5. The van der Waals surface area contributed by atoms with Crippen molar-refractivity contribution in [2.24, 2.45) is 4.99 Å². The summed E-state index contributed by atoms with van der Waals surface area (Å²) < 4.78 is 0. The lowest BCUT2D eigenvalue weighted by atomic mass is 10.1. The van der Waals surface area contributed by atoms with Crippen LogP contribution in [0.1, 0.15) is 10.4 Å². The lowest BCUT2D eigenvalue weighted by molar-refractivity contribution is -0.725. The molecule has 7 heteroatoms. The molecule has 1 aliphatic heterocycles. The Kier molecular flexibility index (Phi) is 5.20.